The summed E-state index contributed by atoms with van der Waals surface area (Å²) in [4.78, 5) is 13.4. The Morgan fingerprint density at radius 2 is 1.87 bits per heavy atom. The van der Waals surface area contributed by atoms with Gasteiger partial charge < -0.3 is 0 Å². The highest BCUT2D eigenvalue weighted by Crippen LogP contribution is 2.28. The molecule has 1 N–H and O–H groups in total. The zero-order valence-electron chi connectivity index (χ0n) is 16.5. The summed E-state index contributed by atoms with van der Waals surface area (Å²) in [5, 5.41) is 16.1. The first-order valence-corrected chi connectivity index (χ1v) is 11.6. The van der Waals surface area contributed by atoms with E-state index in [2.05, 4.69) is 20.7 Å². The summed E-state index contributed by atoms with van der Waals surface area (Å²) in [5.41, 5.74) is 5.17. The van der Waals surface area contributed by atoms with E-state index in [1.165, 1.54) is 11.8 Å². The van der Waals surface area contributed by atoms with Crippen LogP contribution in [-0.4, -0.2) is 32.1 Å². The van der Waals surface area contributed by atoms with Gasteiger partial charge in [-0.2, -0.15) is 5.10 Å². The minimum Gasteiger partial charge on any atom is -0.272 e. The number of para-hydroxylation sites is 1. The molecule has 0 radical (unpaired) electrons. The van der Waals surface area contributed by atoms with E-state index in [1.54, 1.807) is 11.3 Å². The first-order valence-electron chi connectivity index (χ1n) is 9.38. The third-order valence-electron chi connectivity index (χ3n) is 4.31. The van der Waals surface area contributed by atoms with Crippen molar-refractivity contribution >= 4 is 46.3 Å². The van der Waals surface area contributed by atoms with Crippen LogP contribution in [0.15, 0.2) is 82.4 Å². The summed E-state index contributed by atoms with van der Waals surface area (Å²) in [5.74, 6) is 0.626. The molecule has 6 nitrogen and oxygen atoms in total. The van der Waals surface area contributed by atoms with Gasteiger partial charge in [-0.25, -0.2) is 5.43 Å². The van der Waals surface area contributed by atoms with Crippen LogP contribution in [0.4, 0.5) is 0 Å². The van der Waals surface area contributed by atoms with Crippen LogP contribution in [0.5, 0.6) is 0 Å². The van der Waals surface area contributed by atoms with E-state index in [0.717, 1.165) is 21.8 Å². The first-order chi connectivity index (χ1) is 15.1. The highest BCUT2D eigenvalue weighted by molar-refractivity contribution is 7.99. The van der Waals surface area contributed by atoms with E-state index in [1.807, 2.05) is 83.6 Å². The third kappa shape index (κ3) is 5.22. The van der Waals surface area contributed by atoms with Crippen molar-refractivity contribution in [2.45, 2.75) is 12.1 Å². The van der Waals surface area contributed by atoms with Gasteiger partial charge in [-0.3, -0.25) is 9.36 Å². The van der Waals surface area contributed by atoms with Crippen molar-refractivity contribution in [1.82, 2.24) is 20.2 Å². The number of hydrazone groups is 1. The van der Waals surface area contributed by atoms with Gasteiger partial charge in [-0.05, 0) is 54.8 Å². The average Bonchev–Trinajstić information content (AvgIpc) is 3.47. The standard InChI is InChI=1S/C22H18ClN5OS2/c1-15(19-8-5-13-30-19)24-25-20(29)14-31-22-27-26-21(16-9-11-17(23)12-10-16)28(22)18-6-3-2-4-7-18/h2-13H,14H2,1H3,(H,25,29)/b24-15-. The molecule has 0 aliphatic carbocycles. The zero-order chi connectivity index (χ0) is 21.6. The highest BCUT2D eigenvalue weighted by Gasteiger charge is 2.17. The second-order valence-corrected chi connectivity index (χ2v) is 8.81. The Morgan fingerprint density at radius 3 is 2.58 bits per heavy atom. The number of rotatable bonds is 7. The molecule has 0 saturated heterocycles. The summed E-state index contributed by atoms with van der Waals surface area (Å²) < 4.78 is 1.93. The fourth-order valence-electron chi connectivity index (χ4n) is 2.81. The normalized spacial score (nSPS) is 11.5. The minimum absolute atomic E-state index is 0.160. The Bertz CT molecular complexity index is 1190. The second-order valence-electron chi connectivity index (χ2n) is 6.48. The molecular formula is C22H18ClN5OS2. The number of aromatic nitrogens is 3. The van der Waals surface area contributed by atoms with Crippen molar-refractivity contribution in [3.05, 3.63) is 82.0 Å². The summed E-state index contributed by atoms with van der Waals surface area (Å²) in [6.07, 6.45) is 0. The molecule has 2 heterocycles. The van der Waals surface area contributed by atoms with Crippen LogP contribution < -0.4 is 5.43 Å². The SMILES string of the molecule is C/C(=N/NC(=O)CSc1nnc(-c2ccc(Cl)cc2)n1-c1ccccc1)c1cccs1. The fraction of sp³-hybridized carbons (Fsp3) is 0.0909. The van der Waals surface area contributed by atoms with Crippen molar-refractivity contribution in [2.24, 2.45) is 5.10 Å². The Kier molecular flexibility index (Phi) is 6.81. The largest absolute Gasteiger partial charge is 0.272 e. The van der Waals surface area contributed by atoms with Crippen LogP contribution in [0.25, 0.3) is 17.1 Å². The smallest absolute Gasteiger partial charge is 0.250 e. The van der Waals surface area contributed by atoms with Gasteiger partial charge in [0.2, 0.25) is 0 Å². The molecule has 2 aromatic carbocycles. The number of halogens is 1. The lowest BCUT2D eigenvalue weighted by atomic mass is 10.2. The predicted molar refractivity (Wildman–Crippen MR) is 127 cm³/mol. The molecule has 9 heteroatoms. The maximum Gasteiger partial charge on any atom is 0.250 e. The van der Waals surface area contributed by atoms with Crippen LogP contribution in [-0.2, 0) is 4.79 Å². The van der Waals surface area contributed by atoms with Crippen molar-refractivity contribution < 1.29 is 4.79 Å². The molecular weight excluding hydrogens is 450 g/mol. The lowest BCUT2D eigenvalue weighted by Crippen LogP contribution is -2.21. The van der Waals surface area contributed by atoms with Gasteiger partial charge >= 0.3 is 0 Å². The second kappa shape index (κ2) is 9.91. The molecule has 2 aromatic heterocycles. The quantitative estimate of drug-likeness (QED) is 0.228. The lowest BCUT2D eigenvalue weighted by Gasteiger charge is -2.10. The highest BCUT2D eigenvalue weighted by atomic mass is 35.5. The Balaban J connectivity index is 1.53. The Morgan fingerprint density at radius 1 is 1.10 bits per heavy atom. The number of nitrogens with zero attached hydrogens (tertiary/aromatic N) is 4. The molecule has 0 spiro atoms. The maximum absolute atomic E-state index is 12.3. The van der Waals surface area contributed by atoms with Crippen molar-refractivity contribution in [3.63, 3.8) is 0 Å². The van der Waals surface area contributed by atoms with E-state index in [-0.39, 0.29) is 11.7 Å². The maximum atomic E-state index is 12.3. The van der Waals surface area contributed by atoms with Crippen LogP contribution in [0.1, 0.15) is 11.8 Å². The van der Waals surface area contributed by atoms with Crippen molar-refractivity contribution in [3.8, 4) is 17.1 Å². The van der Waals surface area contributed by atoms with Gasteiger partial charge in [0.1, 0.15) is 0 Å². The van der Waals surface area contributed by atoms with Crippen molar-refractivity contribution in [1.29, 1.82) is 0 Å². The summed E-state index contributed by atoms with van der Waals surface area (Å²) in [6.45, 7) is 1.86. The number of hydrogen-bond donors (Lipinski definition) is 1. The molecule has 0 unspecified atom stereocenters. The van der Waals surface area contributed by atoms with Gasteiger partial charge in [-0.1, -0.05) is 47.6 Å². The molecule has 0 saturated carbocycles. The van der Waals surface area contributed by atoms with Crippen LogP contribution in [0.3, 0.4) is 0 Å². The Hall–Kier alpha value is -2.94. The number of nitrogens with one attached hydrogen (secondary N) is 1. The minimum atomic E-state index is -0.212. The number of benzene rings is 2. The number of carbonyl (C=O) groups excluding carboxylic acids is 1. The lowest BCUT2D eigenvalue weighted by molar-refractivity contribution is -0.118. The number of thiophene rings is 1. The van der Waals surface area contributed by atoms with Gasteiger partial charge in [-0.15, -0.1) is 21.5 Å². The van der Waals surface area contributed by atoms with E-state index in [9.17, 15) is 4.79 Å². The van der Waals surface area contributed by atoms with Gasteiger partial charge in [0, 0.05) is 21.2 Å². The fourth-order valence-corrected chi connectivity index (χ4v) is 4.35. The first kappa shape index (κ1) is 21.3. The summed E-state index contributed by atoms with van der Waals surface area (Å²) in [6, 6.07) is 21.1. The van der Waals surface area contributed by atoms with E-state index < -0.39 is 0 Å². The summed E-state index contributed by atoms with van der Waals surface area (Å²) in [7, 11) is 0. The third-order valence-corrected chi connectivity index (χ3v) is 6.47. The molecule has 1 amide bonds. The molecule has 4 rings (SSSR count). The Labute approximate surface area is 193 Å². The summed E-state index contributed by atoms with van der Waals surface area (Å²) >= 11 is 8.91. The monoisotopic (exact) mass is 467 g/mol. The van der Waals surface area contributed by atoms with Crippen LogP contribution in [0.2, 0.25) is 5.02 Å². The number of hydrogen-bond acceptors (Lipinski definition) is 6. The molecule has 156 valence electrons. The van der Waals surface area contributed by atoms with Crippen molar-refractivity contribution in [2.75, 3.05) is 5.75 Å². The van der Waals surface area contributed by atoms with Crippen LogP contribution >= 0.6 is 34.7 Å². The van der Waals surface area contributed by atoms with Gasteiger partial charge in [0.25, 0.3) is 5.91 Å². The zero-order valence-corrected chi connectivity index (χ0v) is 18.9. The molecule has 4 aromatic rings. The molecule has 0 atom stereocenters. The van der Waals surface area contributed by atoms with E-state index in [0.29, 0.717) is 16.0 Å². The molecule has 0 aliphatic rings. The van der Waals surface area contributed by atoms with Crippen LogP contribution in [0, 0.1) is 0 Å². The van der Waals surface area contributed by atoms with Gasteiger partial charge in [0.05, 0.1) is 11.5 Å². The average molecular weight is 468 g/mol. The molecule has 31 heavy (non-hydrogen) atoms. The predicted octanol–water partition coefficient (Wildman–Crippen LogP) is 5.28. The van der Waals surface area contributed by atoms with E-state index in [4.69, 9.17) is 11.6 Å². The molecule has 0 aliphatic heterocycles. The number of amides is 1. The number of carbonyl (C=O) groups is 1. The topological polar surface area (TPSA) is 72.2 Å². The van der Waals surface area contributed by atoms with Gasteiger partial charge in [0.15, 0.2) is 11.0 Å². The number of thioether (sulfide) groups is 1. The van der Waals surface area contributed by atoms with E-state index >= 15 is 0 Å². The molecule has 0 fully saturated rings. The molecule has 0 bridgehead atoms.